The van der Waals surface area contributed by atoms with E-state index in [-0.39, 0.29) is 0 Å². The molecule has 1 saturated carbocycles. The summed E-state index contributed by atoms with van der Waals surface area (Å²) in [6, 6.07) is 0. The molecule has 2 rings (SSSR count). The monoisotopic (exact) mass is 195 g/mol. The number of anilines is 1. The Morgan fingerprint density at radius 3 is 2.77 bits per heavy atom. The molecule has 0 unspecified atom stereocenters. The van der Waals surface area contributed by atoms with Gasteiger partial charge in [0.05, 0.1) is 0 Å². The van der Waals surface area contributed by atoms with Gasteiger partial charge < -0.3 is 5.73 Å². The van der Waals surface area contributed by atoms with Gasteiger partial charge in [-0.15, -0.1) is 11.8 Å². The molecule has 0 spiro atoms. The molecule has 0 aromatic carbocycles. The van der Waals surface area contributed by atoms with Crippen LogP contribution in [0.3, 0.4) is 0 Å². The van der Waals surface area contributed by atoms with Crippen molar-refractivity contribution in [2.24, 2.45) is 5.92 Å². The van der Waals surface area contributed by atoms with Gasteiger partial charge in [-0.2, -0.15) is 0 Å². The lowest BCUT2D eigenvalue weighted by Gasteiger charge is -2.24. The van der Waals surface area contributed by atoms with Gasteiger partial charge in [-0.1, -0.05) is 6.42 Å². The topological polar surface area (TPSA) is 51.8 Å². The fourth-order valence-corrected chi connectivity index (χ4v) is 2.37. The minimum atomic E-state index is 0.562. The number of aromatic nitrogens is 2. The van der Waals surface area contributed by atoms with E-state index in [2.05, 4.69) is 9.97 Å². The maximum Gasteiger partial charge on any atom is 0.156 e. The second kappa shape index (κ2) is 3.96. The summed E-state index contributed by atoms with van der Waals surface area (Å²) < 4.78 is 0. The first-order chi connectivity index (χ1) is 6.36. The summed E-state index contributed by atoms with van der Waals surface area (Å²) in [6.07, 6.45) is 7.45. The van der Waals surface area contributed by atoms with Crippen molar-refractivity contribution in [2.45, 2.75) is 24.3 Å². The van der Waals surface area contributed by atoms with Crippen molar-refractivity contribution in [1.82, 2.24) is 9.97 Å². The van der Waals surface area contributed by atoms with E-state index in [1.165, 1.54) is 19.3 Å². The van der Waals surface area contributed by atoms with Crippen molar-refractivity contribution in [3.63, 3.8) is 0 Å². The lowest BCUT2D eigenvalue weighted by Crippen LogP contribution is -2.13. The quantitative estimate of drug-likeness (QED) is 0.749. The first kappa shape index (κ1) is 8.81. The number of rotatable bonds is 3. The molecule has 1 aromatic rings. The molecule has 1 aliphatic rings. The summed E-state index contributed by atoms with van der Waals surface area (Å²) in [5.74, 6) is 2.58. The second-order valence-corrected chi connectivity index (χ2v) is 4.36. The molecule has 3 nitrogen and oxygen atoms in total. The third kappa shape index (κ3) is 2.12. The predicted molar refractivity (Wildman–Crippen MR) is 54.5 cm³/mol. The van der Waals surface area contributed by atoms with Gasteiger partial charge in [0.1, 0.15) is 5.03 Å². The Balaban J connectivity index is 1.89. The van der Waals surface area contributed by atoms with E-state index in [1.54, 1.807) is 24.2 Å². The van der Waals surface area contributed by atoms with Gasteiger partial charge >= 0.3 is 0 Å². The first-order valence-corrected chi connectivity index (χ1v) is 5.54. The van der Waals surface area contributed by atoms with E-state index in [4.69, 9.17) is 5.73 Å². The Hall–Kier alpha value is -0.770. The fraction of sp³-hybridized carbons (Fsp3) is 0.556. The van der Waals surface area contributed by atoms with Gasteiger partial charge in [-0.3, -0.25) is 0 Å². The molecule has 0 atom stereocenters. The normalized spacial score (nSPS) is 16.9. The van der Waals surface area contributed by atoms with Crippen LogP contribution in [0, 0.1) is 5.92 Å². The van der Waals surface area contributed by atoms with E-state index in [1.807, 2.05) is 0 Å². The van der Waals surface area contributed by atoms with Gasteiger partial charge in [-0.25, -0.2) is 9.97 Å². The van der Waals surface area contributed by atoms with Crippen molar-refractivity contribution < 1.29 is 0 Å². The van der Waals surface area contributed by atoms with Crippen molar-refractivity contribution in [3.05, 3.63) is 12.4 Å². The van der Waals surface area contributed by atoms with E-state index in [9.17, 15) is 0 Å². The standard InChI is InChI=1S/C9H13N3S/c10-8-9(12-5-4-11-8)13-6-7-2-1-3-7/h4-5,7H,1-3,6H2,(H2,10,11). The summed E-state index contributed by atoms with van der Waals surface area (Å²) >= 11 is 1.73. The molecule has 4 heteroatoms. The Bertz CT molecular complexity index is 286. The Morgan fingerprint density at radius 1 is 1.38 bits per heavy atom. The minimum Gasteiger partial charge on any atom is -0.381 e. The second-order valence-electron chi connectivity index (χ2n) is 3.35. The molecule has 0 aliphatic heterocycles. The molecule has 2 N–H and O–H groups in total. The SMILES string of the molecule is Nc1nccnc1SCC1CCC1. The average Bonchev–Trinajstić information content (AvgIpc) is 2.05. The molecular formula is C9H13N3S. The average molecular weight is 195 g/mol. The molecular weight excluding hydrogens is 182 g/mol. The molecule has 70 valence electrons. The Morgan fingerprint density at radius 2 is 2.15 bits per heavy atom. The van der Waals surface area contributed by atoms with Crippen LogP contribution in [-0.4, -0.2) is 15.7 Å². The van der Waals surface area contributed by atoms with Crippen LogP contribution in [0.4, 0.5) is 5.82 Å². The van der Waals surface area contributed by atoms with Gasteiger partial charge in [-0.05, 0) is 18.8 Å². The summed E-state index contributed by atoms with van der Waals surface area (Å²) in [7, 11) is 0. The number of hydrogen-bond acceptors (Lipinski definition) is 4. The van der Waals surface area contributed by atoms with Gasteiger partial charge in [0, 0.05) is 18.1 Å². The van der Waals surface area contributed by atoms with Crippen molar-refractivity contribution in [2.75, 3.05) is 11.5 Å². The number of thioether (sulfide) groups is 1. The van der Waals surface area contributed by atoms with E-state index in [0.717, 1.165) is 16.7 Å². The third-order valence-electron chi connectivity index (χ3n) is 2.37. The highest BCUT2D eigenvalue weighted by atomic mass is 32.2. The highest BCUT2D eigenvalue weighted by molar-refractivity contribution is 7.99. The molecule has 0 radical (unpaired) electrons. The highest BCUT2D eigenvalue weighted by Gasteiger charge is 2.18. The van der Waals surface area contributed by atoms with Crippen molar-refractivity contribution in [1.29, 1.82) is 0 Å². The number of nitrogens with two attached hydrogens (primary N) is 1. The zero-order chi connectivity index (χ0) is 9.10. The molecule has 1 heterocycles. The van der Waals surface area contributed by atoms with Crippen LogP contribution in [-0.2, 0) is 0 Å². The fourth-order valence-electron chi connectivity index (χ4n) is 1.30. The van der Waals surface area contributed by atoms with Crippen LogP contribution in [0.5, 0.6) is 0 Å². The third-order valence-corrected chi connectivity index (χ3v) is 3.60. The van der Waals surface area contributed by atoms with Crippen LogP contribution in [0.15, 0.2) is 17.4 Å². The zero-order valence-electron chi connectivity index (χ0n) is 7.44. The summed E-state index contributed by atoms with van der Waals surface area (Å²) in [5.41, 5.74) is 5.67. The summed E-state index contributed by atoms with van der Waals surface area (Å²) in [6.45, 7) is 0. The molecule has 13 heavy (non-hydrogen) atoms. The molecule has 1 aliphatic carbocycles. The van der Waals surface area contributed by atoms with E-state index >= 15 is 0 Å². The molecule has 0 amide bonds. The van der Waals surface area contributed by atoms with Crippen LogP contribution >= 0.6 is 11.8 Å². The van der Waals surface area contributed by atoms with Crippen molar-refractivity contribution >= 4 is 17.6 Å². The van der Waals surface area contributed by atoms with Crippen LogP contribution in [0.25, 0.3) is 0 Å². The molecule has 0 saturated heterocycles. The highest BCUT2D eigenvalue weighted by Crippen LogP contribution is 2.32. The van der Waals surface area contributed by atoms with E-state index in [0.29, 0.717) is 5.82 Å². The van der Waals surface area contributed by atoms with Crippen LogP contribution in [0.1, 0.15) is 19.3 Å². The maximum absolute atomic E-state index is 5.67. The summed E-state index contributed by atoms with van der Waals surface area (Å²) in [5, 5.41) is 0.884. The number of nitrogen functional groups attached to an aromatic ring is 1. The first-order valence-electron chi connectivity index (χ1n) is 4.55. The van der Waals surface area contributed by atoms with Crippen molar-refractivity contribution in [3.8, 4) is 0 Å². The van der Waals surface area contributed by atoms with Gasteiger partial charge in [0.15, 0.2) is 5.82 Å². The predicted octanol–water partition coefficient (Wildman–Crippen LogP) is 1.95. The lowest BCUT2D eigenvalue weighted by molar-refractivity contribution is 0.353. The maximum atomic E-state index is 5.67. The Labute approximate surface area is 82.2 Å². The molecule has 1 aromatic heterocycles. The molecule has 0 bridgehead atoms. The zero-order valence-corrected chi connectivity index (χ0v) is 8.26. The van der Waals surface area contributed by atoms with Crippen LogP contribution < -0.4 is 5.73 Å². The largest absolute Gasteiger partial charge is 0.381 e. The molecule has 1 fully saturated rings. The number of hydrogen-bond donors (Lipinski definition) is 1. The minimum absolute atomic E-state index is 0.562. The van der Waals surface area contributed by atoms with Gasteiger partial charge in [0.2, 0.25) is 0 Å². The van der Waals surface area contributed by atoms with Crippen LogP contribution in [0.2, 0.25) is 0 Å². The lowest BCUT2D eigenvalue weighted by atomic mass is 9.87. The summed E-state index contributed by atoms with van der Waals surface area (Å²) in [4.78, 5) is 8.18. The Kier molecular flexibility index (Phi) is 2.68. The van der Waals surface area contributed by atoms with E-state index < -0.39 is 0 Å². The number of nitrogens with zero attached hydrogens (tertiary/aromatic N) is 2. The smallest absolute Gasteiger partial charge is 0.156 e. The van der Waals surface area contributed by atoms with Gasteiger partial charge in [0.25, 0.3) is 0 Å².